The second-order valence-corrected chi connectivity index (χ2v) is 4.10. The quantitative estimate of drug-likeness (QED) is 0.593. The fourth-order valence-electron chi connectivity index (χ4n) is 1.84. The Balaban J connectivity index is 2.31. The van der Waals surface area contributed by atoms with Crippen molar-refractivity contribution in [3.63, 3.8) is 0 Å². The summed E-state index contributed by atoms with van der Waals surface area (Å²) in [5.74, 6) is 2.31. The monoisotopic (exact) mass is 225 g/mol. The molecule has 0 saturated carbocycles. The number of likely N-dealkylation sites (N-methyl/N-ethyl adjacent to an activating group) is 1. The van der Waals surface area contributed by atoms with Crippen LogP contribution in [0.3, 0.4) is 0 Å². The standard InChI is InChI=1S/C11H19N3O2/c1-3-4-14-5-6-16-10(8-14)7-13(2)9-11(12)15/h1,10H,4-9H2,2H3,(H2,12,15). The first-order chi connectivity index (χ1) is 7.61. The average Bonchev–Trinajstić information content (AvgIpc) is 2.17. The Hall–Kier alpha value is -1.09. The number of terminal acetylenes is 1. The highest BCUT2D eigenvalue weighted by Crippen LogP contribution is 2.05. The van der Waals surface area contributed by atoms with Gasteiger partial charge >= 0.3 is 0 Å². The van der Waals surface area contributed by atoms with E-state index in [1.54, 1.807) is 0 Å². The van der Waals surface area contributed by atoms with Crippen molar-refractivity contribution in [3.05, 3.63) is 0 Å². The van der Waals surface area contributed by atoms with Crippen LogP contribution >= 0.6 is 0 Å². The van der Waals surface area contributed by atoms with Gasteiger partial charge in [0, 0.05) is 19.6 Å². The lowest BCUT2D eigenvalue weighted by Crippen LogP contribution is -2.48. The zero-order valence-electron chi connectivity index (χ0n) is 9.69. The van der Waals surface area contributed by atoms with E-state index in [4.69, 9.17) is 16.9 Å². The fraction of sp³-hybridized carbons (Fsp3) is 0.727. The zero-order chi connectivity index (χ0) is 12.0. The van der Waals surface area contributed by atoms with E-state index in [2.05, 4.69) is 10.8 Å². The van der Waals surface area contributed by atoms with Crippen LogP contribution in [0.4, 0.5) is 0 Å². The van der Waals surface area contributed by atoms with E-state index in [1.165, 1.54) is 0 Å². The minimum Gasteiger partial charge on any atom is -0.374 e. The van der Waals surface area contributed by atoms with Crippen molar-refractivity contribution in [1.29, 1.82) is 0 Å². The number of nitrogens with two attached hydrogens (primary N) is 1. The third-order valence-electron chi connectivity index (χ3n) is 2.48. The first-order valence-electron chi connectivity index (χ1n) is 5.36. The van der Waals surface area contributed by atoms with E-state index in [0.29, 0.717) is 19.7 Å². The molecular formula is C11H19N3O2. The molecule has 1 aliphatic rings. The Labute approximate surface area is 96.5 Å². The molecule has 1 heterocycles. The molecule has 5 nitrogen and oxygen atoms in total. The van der Waals surface area contributed by atoms with Crippen LogP contribution < -0.4 is 5.73 Å². The van der Waals surface area contributed by atoms with Crippen LogP contribution in [-0.4, -0.2) is 68.2 Å². The fourth-order valence-corrected chi connectivity index (χ4v) is 1.84. The SMILES string of the molecule is C#CCN1CCOC(CN(C)CC(N)=O)C1. The Bertz CT molecular complexity index is 275. The van der Waals surface area contributed by atoms with Gasteiger partial charge in [-0.3, -0.25) is 14.6 Å². The number of ether oxygens (including phenoxy) is 1. The summed E-state index contributed by atoms with van der Waals surface area (Å²) in [6.45, 7) is 3.99. The smallest absolute Gasteiger partial charge is 0.231 e. The molecule has 5 heteroatoms. The van der Waals surface area contributed by atoms with Crippen LogP contribution in [0.5, 0.6) is 0 Å². The van der Waals surface area contributed by atoms with E-state index >= 15 is 0 Å². The maximum Gasteiger partial charge on any atom is 0.231 e. The number of hydrogen-bond acceptors (Lipinski definition) is 4. The van der Waals surface area contributed by atoms with E-state index in [-0.39, 0.29) is 18.6 Å². The van der Waals surface area contributed by atoms with Crippen LogP contribution in [0.1, 0.15) is 0 Å². The van der Waals surface area contributed by atoms with E-state index in [1.807, 2.05) is 11.9 Å². The number of carbonyl (C=O) groups is 1. The number of hydrogen-bond donors (Lipinski definition) is 1. The van der Waals surface area contributed by atoms with Gasteiger partial charge in [0.2, 0.25) is 5.91 Å². The molecular weight excluding hydrogens is 206 g/mol. The summed E-state index contributed by atoms with van der Waals surface area (Å²) >= 11 is 0. The summed E-state index contributed by atoms with van der Waals surface area (Å²) in [6, 6.07) is 0. The molecule has 90 valence electrons. The van der Waals surface area contributed by atoms with Crippen molar-refractivity contribution < 1.29 is 9.53 Å². The Kier molecular flexibility index (Phi) is 5.26. The summed E-state index contributed by atoms with van der Waals surface area (Å²) in [5, 5.41) is 0. The van der Waals surface area contributed by atoms with Crippen molar-refractivity contribution in [2.75, 3.05) is 46.4 Å². The van der Waals surface area contributed by atoms with Crippen molar-refractivity contribution in [3.8, 4) is 12.3 Å². The lowest BCUT2D eigenvalue weighted by Gasteiger charge is -2.33. The van der Waals surface area contributed by atoms with Gasteiger partial charge in [0.25, 0.3) is 0 Å². The van der Waals surface area contributed by atoms with Crippen molar-refractivity contribution >= 4 is 5.91 Å². The van der Waals surface area contributed by atoms with Gasteiger partial charge in [0.05, 0.1) is 25.8 Å². The first-order valence-corrected chi connectivity index (χ1v) is 5.36. The molecule has 1 fully saturated rings. The van der Waals surface area contributed by atoms with Crippen molar-refractivity contribution in [2.45, 2.75) is 6.10 Å². The molecule has 0 aromatic heterocycles. The van der Waals surface area contributed by atoms with Gasteiger partial charge in [-0.1, -0.05) is 5.92 Å². The molecule has 2 N–H and O–H groups in total. The van der Waals surface area contributed by atoms with Gasteiger partial charge < -0.3 is 10.5 Å². The van der Waals surface area contributed by atoms with Crippen LogP contribution in [0.15, 0.2) is 0 Å². The Morgan fingerprint density at radius 2 is 2.50 bits per heavy atom. The van der Waals surface area contributed by atoms with Crippen LogP contribution in [0, 0.1) is 12.3 Å². The zero-order valence-corrected chi connectivity index (χ0v) is 9.69. The van der Waals surface area contributed by atoms with Gasteiger partial charge in [-0.2, -0.15) is 0 Å². The molecule has 0 spiro atoms. The predicted octanol–water partition coefficient (Wildman–Crippen LogP) is -1.26. The summed E-state index contributed by atoms with van der Waals surface area (Å²) in [5.41, 5.74) is 5.12. The second-order valence-electron chi connectivity index (χ2n) is 4.10. The van der Waals surface area contributed by atoms with Gasteiger partial charge in [-0.15, -0.1) is 6.42 Å². The maximum atomic E-state index is 10.7. The molecule has 16 heavy (non-hydrogen) atoms. The van der Waals surface area contributed by atoms with Gasteiger partial charge in [0.1, 0.15) is 0 Å². The highest BCUT2D eigenvalue weighted by atomic mass is 16.5. The number of amides is 1. The minimum absolute atomic E-state index is 0.103. The molecule has 1 rings (SSSR count). The largest absolute Gasteiger partial charge is 0.374 e. The Morgan fingerprint density at radius 3 is 3.12 bits per heavy atom. The number of nitrogens with zero attached hydrogens (tertiary/aromatic N) is 2. The molecule has 1 amide bonds. The molecule has 0 aromatic carbocycles. The van der Waals surface area contributed by atoms with Crippen LogP contribution in [0.25, 0.3) is 0 Å². The molecule has 1 unspecified atom stereocenters. The molecule has 1 atom stereocenters. The van der Waals surface area contributed by atoms with Crippen LogP contribution in [0.2, 0.25) is 0 Å². The van der Waals surface area contributed by atoms with Crippen LogP contribution in [-0.2, 0) is 9.53 Å². The third kappa shape index (κ3) is 4.62. The average molecular weight is 225 g/mol. The first kappa shape index (κ1) is 13.0. The Morgan fingerprint density at radius 1 is 1.75 bits per heavy atom. The highest BCUT2D eigenvalue weighted by Gasteiger charge is 2.21. The van der Waals surface area contributed by atoms with E-state index < -0.39 is 0 Å². The maximum absolute atomic E-state index is 10.7. The van der Waals surface area contributed by atoms with Gasteiger partial charge in [0.15, 0.2) is 0 Å². The third-order valence-corrected chi connectivity index (χ3v) is 2.48. The summed E-state index contributed by atoms with van der Waals surface area (Å²) in [4.78, 5) is 14.8. The predicted molar refractivity (Wildman–Crippen MR) is 61.7 cm³/mol. The molecule has 1 saturated heterocycles. The van der Waals surface area contributed by atoms with E-state index in [9.17, 15) is 4.79 Å². The molecule has 1 aliphatic heterocycles. The lowest BCUT2D eigenvalue weighted by molar-refractivity contribution is -0.119. The lowest BCUT2D eigenvalue weighted by atomic mass is 10.2. The van der Waals surface area contributed by atoms with Crippen molar-refractivity contribution in [2.24, 2.45) is 5.73 Å². The number of carbonyl (C=O) groups excluding carboxylic acids is 1. The minimum atomic E-state index is -0.321. The van der Waals surface area contributed by atoms with E-state index in [0.717, 1.165) is 13.1 Å². The number of morpholine rings is 1. The molecule has 0 aromatic rings. The highest BCUT2D eigenvalue weighted by molar-refractivity contribution is 5.75. The summed E-state index contributed by atoms with van der Waals surface area (Å²) in [6.07, 6.45) is 5.37. The summed E-state index contributed by atoms with van der Waals surface area (Å²) in [7, 11) is 1.86. The summed E-state index contributed by atoms with van der Waals surface area (Å²) < 4.78 is 5.60. The molecule has 0 radical (unpaired) electrons. The van der Waals surface area contributed by atoms with Crippen molar-refractivity contribution in [1.82, 2.24) is 9.80 Å². The van der Waals surface area contributed by atoms with Gasteiger partial charge in [-0.25, -0.2) is 0 Å². The number of rotatable bonds is 5. The normalized spacial score (nSPS) is 21.9. The molecule has 0 aliphatic carbocycles. The topological polar surface area (TPSA) is 58.8 Å². The van der Waals surface area contributed by atoms with Gasteiger partial charge in [-0.05, 0) is 7.05 Å². The number of primary amides is 1. The second kappa shape index (κ2) is 6.48. The molecule has 0 bridgehead atoms.